The van der Waals surface area contributed by atoms with E-state index in [0.29, 0.717) is 12.8 Å². The SMILES string of the molecule is CCCCCCCCCCCCCCCCCCCCCC(=O)OCC(O)COP(=O)(O)OCCNC(=O)CCCCCCCC. The van der Waals surface area contributed by atoms with Crippen LogP contribution in [0.5, 0.6) is 0 Å². The molecular formula is C36H72NO8P. The smallest absolute Gasteiger partial charge is 0.463 e. The molecule has 0 radical (unpaired) electrons. The molecule has 10 heteroatoms. The van der Waals surface area contributed by atoms with E-state index in [1.165, 1.54) is 122 Å². The second-order valence-corrected chi connectivity index (χ2v) is 14.4. The molecule has 9 nitrogen and oxygen atoms in total. The molecule has 274 valence electrons. The van der Waals surface area contributed by atoms with Crippen LogP contribution in [0.15, 0.2) is 0 Å². The number of hydrogen-bond donors (Lipinski definition) is 3. The highest BCUT2D eigenvalue weighted by Gasteiger charge is 2.23. The van der Waals surface area contributed by atoms with Gasteiger partial charge in [0, 0.05) is 19.4 Å². The first kappa shape index (κ1) is 45.0. The number of aliphatic hydroxyl groups is 1. The fraction of sp³-hybridized carbons (Fsp3) is 0.944. The molecule has 46 heavy (non-hydrogen) atoms. The predicted octanol–water partition coefficient (Wildman–Crippen LogP) is 9.71. The minimum atomic E-state index is -4.39. The lowest BCUT2D eigenvalue weighted by atomic mass is 10.0. The number of carbonyl (C=O) groups is 2. The second-order valence-electron chi connectivity index (χ2n) is 12.9. The molecule has 2 unspecified atom stereocenters. The van der Waals surface area contributed by atoms with E-state index in [-0.39, 0.29) is 25.7 Å². The molecule has 0 aromatic heterocycles. The van der Waals surface area contributed by atoms with Gasteiger partial charge < -0.3 is 20.1 Å². The summed E-state index contributed by atoms with van der Waals surface area (Å²) in [5, 5.41) is 12.6. The van der Waals surface area contributed by atoms with Gasteiger partial charge in [0.1, 0.15) is 12.7 Å². The van der Waals surface area contributed by atoms with E-state index in [1.54, 1.807) is 0 Å². The second kappa shape index (κ2) is 33.9. The Morgan fingerprint density at radius 3 is 1.41 bits per heavy atom. The fourth-order valence-corrected chi connectivity index (χ4v) is 6.14. The average Bonchev–Trinajstić information content (AvgIpc) is 3.04. The van der Waals surface area contributed by atoms with Crippen LogP contribution in [-0.2, 0) is 27.9 Å². The zero-order valence-corrected chi connectivity index (χ0v) is 30.7. The van der Waals surface area contributed by atoms with E-state index in [4.69, 9.17) is 13.8 Å². The van der Waals surface area contributed by atoms with Crippen LogP contribution in [0.3, 0.4) is 0 Å². The van der Waals surface area contributed by atoms with Gasteiger partial charge in [-0.3, -0.25) is 18.6 Å². The highest BCUT2D eigenvalue weighted by Crippen LogP contribution is 2.42. The van der Waals surface area contributed by atoms with Crippen molar-refractivity contribution in [3.05, 3.63) is 0 Å². The molecule has 0 aliphatic carbocycles. The third kappa shape index (κ3) is 34.3. The lowest BCUT2D eigenvalue weighted by molar-refractivity contribution is -0.147. The highest BCUT2D eigenvalue weighted by atomic mass is 31.2. The summed E-state index contributed by atoms with van der Waals surface area (Å²) < 4.78 is 26.6. The lowest BCUT2D eigenvalue weighted by Crippen LogP contribution is -2.27. The van der Waals surface area contributed by atoms with Crippen molar-refractivity contribution in [2.75, 3.05) is 26.4 Å². The number of amides is 1. The number of carbonyl (C=O) groups excluding carboxylic acids is 2. The van der Waals surface area contributed by atoms with Gasteiger partial charge in [-0.1, -0.05) is 162 Å². The molecule has 3 N–H and O–H groups in total. The van der Waals surface area contributed by atoms with Gasteiger partial charge in [0.05, 0.1) is 13.2 Å². The zero-order chi connectivity index (χ0) is 34.0. The first-order chi connectivity index (χ1) is 22.3. The summed E-state index contributed by atoms with van der Waals surface area (Å²) >= 11 is 0. The molecule has 0 fully saturated rings. The van der Waals surface area contributed by atoms with Crippen molar-refractivity contribution >= 4 is 19.7 Å². The molecule has 0 saturated heterocycles. The van der Waals surface area contributed by atoms with E-state index in [9.17, 15) is 24.2 Å². The fourth-order valence-electron chi connectivity index (χ4n) is 5.38. The maximum absolute atomic E-state index is 12.0. The molecule has 0 rings (SSSR count). The van der Waals surface area contributed by atoms with Crippen LogP contribution in [-0.4, -0.2) is 54.3 Å². The van der Waals surface area contributed by atoms with Crippen LogP contribution in [0, 0.1) is 0 Å². The summed E-state index contributed by atoms with van der Waals surface area (Å²) in [5.74, 6) is -0.517. The van der Waals surface area contributed by atoms with Gasteiger partial charge in [-0.05, 0) is 12.8 Å². The van der Waals surface area contributed by atoms with Gasteiger partial charge in [0.25, 0.3) is 0 Å². The maximum Gasteiger partial charge on any atom is 0.472 e. The molecule has 0 spiro atoms. The minimum absolute atomic E-state index is 0.0855. The standard InChI is InChI=1S/C36H72NO8P/c1-3-5-7-9-11-12-13-14-15-16-17-18-19-20-21-22-23-25-27-29-36(40)43-32-34(38)33-45-46(41,42)44-31-30-37-35(39)28-26-24-10-8-6-4-2/h34,38H,3-33H2,1-2H3,(H,37,39)(H,41,42). The van der Waals surface area contributed by atoms with Gasteiger partial charge in [-0.15, -0.1) is 0 Å². The van der Waals surface area contributed by atoms with Crippen LogP contribution < -0.4 is 5.32 Å². The predicted molar refractivity (Wildman–Crippen MR) is 188 cm³/mol. The number of unbranched alkanes of at least 4 members (excludes halogenated alkanes) is 23. The minimum Gasteiger partial charge on any atom is -0.463 e. The van der Waals surface area contributed by atoms with Crippen molar-refractivity contribution in [2.24, 2.45) is 0 Å². The number of rotatable bonds is 36. The molecule has 0 heterocycles. The summed E-state index contributed by atoms with van der Waals surface area (Å²) in [5.41, 5.74) is 0. The monoisotopic (exact) mass is 677 g/mol. The summed E-state index contributed by atoms with van der Waals surface area (Å²) in [6, 6.07) is 0. The van der Waals surface area contributed by atoms with Gasteiger partial charge in [0.2, 0.25) is 5.91 Å². The highest BCUT2D eigenvalue weighted by molar-refractivity contribution is 7.47. The largest absolute Gasteiger partial charge is 0.472 e. The van der Waals surface area contributed by atoms with E-state index < -0.39 is 26.5 Å². The summed E-state index contributed by atoms with van der Waals surface area (Å²) in [7, 11) is -4.39. The number of ether oxygens (including phenoxy) is 1. The van der Waals surface area contributed by atoms with E-state index in [0.717, 1.165) is 38.5 Å². The Hall–Kier alpha value is -0.990. The van der Waals surface area contributed by atoms with Crippen LogP contribution >= 0.6 is 7.82 Å². The Bertz CT molecular complexity index is 739. The van der Waals surface area contributed by atoms with Gasteiger partial charge >= 0.3 is 13.8 Å². The van der Waals surface area contributed by atoms with Gasteiger partial charge in [-0.2, -0.15) is 0 Å². The molecule has 0 aliphatic heterocycles. The Morgan fingerprint density at radius 1 is 0.587 bits per heavy atom. The molecule has 0 saturated carbocycles. The van der Waals surface area contributed by atoms with Crippen molar-refractivity contribution in [3.8, 4) is 0 Å². The number of nitrogens with one attached hydrogen (secondary N) is 1. The van der Waals surface area contributed by atoms with E-state index in [1.807, 2.05) is 0 Å². The van der Waals surface area contributed by atoms with E-state index >= 15 is 0 Å². The Morgan fingerprint density at radius 2 is 0.978 bits per heavy atom. The molecule has 2 atom stereocenters. The molecule has 0 bridgehead atoms. The van der Waals surface area contributed by atoms with Crippen molar-refractivity contribution in [1.29, 1.82) is 0 Å². The van der Waals surface area contributed by atoms with Crippen molar-refractivity contribution in [3.63, 3.8) is 0 Å². The normalized spacial score (nSPS) is 13.4. The number of esters is 1. The third-order valence-corrected chi connectivity index (χ3v) is 9.27. The summed E-state index contributed by atoms with van der Waals surface area (Å²) in [6.45, 7) is 3.50. The number of hydrogen-bond acceptors (Lipinski definition) is 7. The Balaban J connectivity index is 3.53. The first-order valence-electron chi connectivity index (χ1n) is 19.0. The van der Waals surface area contributed by atoms with Gasteiger partial charge in [0.15, 0.2) is 0 Å². The topological polar surface area (TPSA) is 131 Å². The van der Waals surface area contributed by atoms with Crippen molar-refractivity contribution < 1.29 is 37.9 Å². The van der Waals surface area contributed by atoms with Gasteiger partial charge in [-0.25, -0.2) is 4.57 Å². The van der Waals surface area contributed by atoms with Crippen LogP contribution in [0.2, 0.25) is 0 Å². The van der Waals surface area contributed by atoms with Crippen LogP contribution in [0.4, 0.5) is 0 Å². The number of phosphoric ester groups is 1. The number of phosphoric acid groups is 1. The van der Waals surface area contributed by atoms with Crippen LogP contribution in [0.1, 0.15) is 187 Å². The van der Waals surface area contributed by atoms with Crippen LogP contribution in [0.25, 0.3) is 0 Å². The average molecular weight is 678 g/mol. The molecular weight excluding hydrogens is 605 g/mol. The molecule has 0 aromatic carbocycles. The third-order valence-electron chi connectivity index (χ3n) is 8.29. The quantitative estimate of drug-likeness (QED) is 0.0339. The van der Waals surface area contributed by atoms with E-state index in [2.05, 4.69) is 19.2 Å². The summed E-state index contributed by atoms with van der Waals surface area (Å²) in [4.78, 5) is 33.5. The zero-order valence-electron chi connectivity index (χ0n) is 29.8. The Labute approximate surface area is 282 Å². The molecule has 1 amide bonds. The summed E-state index contributed by atoms with van der Waals surface area (Å²) in [6.07, 6.45) is 30.6. The maximum atomic E-state index is 12.0. The number of aliphatic hydroxyl groups excluding tert-OH is 1. The molecule has 0 aromatic rings. The Kier molecular flexibility index (Phi) is 33.2. The lowest BCUT2D eigenvalue weighted by Gasteiger charge is -2.15. The first-order valence-corrected chi connectivity index (χ1v) is 20.5. The van der Waals surface area contributed by atoms with Crippen molar-refractivity contribution in [2.45, 2.75) is 193 Å². The van der Waals surface area contributed by atoms with Crippen molar-refractivity contribution in [1.82, 2.24) is 5.32 Å². The molecule has 0 aliphatic rings.